The Kier molecular flexibility index (Phi) is 43.1. The molecule has 0 aromatic carbocycles. The van der Waals surface area contributed by atoms with Gasteiger partial charge in [-0.3, -0.25) is 72.7 Å². The Morgan fingerprint density at radius 2 is 0.917 bits per heavy atom. The molecule has 2 rings (SSSR count). The summed E-state index contributed by atoms with van der Waals surface area (Å²) in [4.78, 5) is 193. The third-order valence-corrected chi connectivity index (χ3v) is 17.8. The summed E-state index contributed by atoms with van der Waals surface area (Å²) in [6, 6.07) is -17.1. The summed E-state index contributed by atoms with van der Waals surface area (Å²) in [7, 11) is 0. The maximum atomic E-state index is 15.0. The van der Waals surface area contributed by atoms with Crippen molar-refractivity contribution in [3.63, 3.8) is 0 Å². The number of aromatic nitrogens is 2. The molecule has 1 aromatic rings. The van der Waals surface area contributed by atoms with E-state index in [2.05, 4.69) is 83.1 Å². The number of nitrogens with two attached hydrogens (primary N) is 10. The van der Waals surface area contributed by atoms with E-state index in [1.54, 1.807) is 41.5 Å². The summed E-state index contributed by atoms with van der Waals surface area (Å²) in [5, 5.41) is 57.3. The van der Waals surface area contributed by atoms with Crippen LogP contribution in [0.15, 0.2) is 32.5 Å². The van der Waals surface area contributed by atoms with Gasteiger partial charge in [0.25, 0.3) is 0 Å². The number of hydrogen-bond acceptors (Lipinski definition) is 21. The van der Waals surface area contributed by atoms with Gasteiger partial charge in [0, 0.05) is 51.0 Å². The van der Waals surface area contributed by atoms with Gasteiger partial charge in [0.1, 0.15) is 66.5 Å². The highest BCUT2D eigenvalue weighted by atomic mass is 16.4. The average Bonchev–Trinajstić information content (AvgIpc) is 1.60. The molecule has 34 N–H and O–H groups in total. The van der Waals surface area contributed by atoms with Gasteiger partial charge in [-0.15, -0.1) is 0 Å². The van der Waals surface area contributed by atoms with Gasteiger partial charge < -0.3 is 136 Å². The van der Waals surface area contributed by atoms with E-state index in [9.17, 15) is 68.1 Å². The first-order chi connectivity index (χ1) is 51.0. The van der Waals surface area contributed by atoms with Crippen molar-refractivity contribution < 1.29 is 72.9 Å². The lowest BCUT2D eigenvalue weighted by atomic mass is 9.96. The number of nitrogens with one attached hydrogen (secondary N) is 11. The number of aliphatic hydroxyl groups is 2. The second kappa shape index (κ2) is 49.6. The van der Waals surface area contributed by atoms with Crippen LogP contribution in [0.5, 0.6) is 0 Å². The van der Waals surface area contributed by atoms with E-state index in [0.29, 0.717) is 44.3 Å². The average molecular weight is 1530 g/mol. The fraction of sp³-hybridized carbons (Fsp3) is 0.712. The normalized spacial score (nSPS) is 16.4. The molecule has 0 bridgehead atoms. The maximum Gasteiger partial charge on any atom is 0.326 e. The third-order valence-electron chi connectivity index (χ3n) is 17.8. The Morgan fingerprint density at radius 1 is 0.519 bits per heavy atom. The molecule has 1 aliphatic heterocycles. The molecule has 42 heteroatoms. The first-order valence-corrected chi connectivity index (χ1v) is 36.5. The number of amides is 11. The monoisotopic (exact) mass is 1530 g/mol. The first kappa shape index (κ1) is 93.9. The van der Waals surface area contributed by atoms with Gasteiger partial charge in [-0.1, -0.05) is 60.8 Å². The van der Waals surface area contributed by atoms with Gasteiger partial charge in [0.05, 0.1) is 25.1 Å². The minimum atomic E-state index is -1.86. The fourth-order valence-corrected chi connectivity index (χ4v) is 11.4. The Hall–Kier alpha value is -10.2. The van der Waals surface area contributed by atoms with Crippen molar-refractivity contribution in [2.75, 3.05) is 45.9 Å². The summed E-state index contributed by atoms with van der Waals surface area (Å²) < 4.78 is 0. The molecular formula is C66H121N27O15. The lowest BCUT2D eigenvalue weighted by Crippen LogP contribution is -2.62. The molecule has 0 aliphatic carbocycles. The number of aromatic amines is 1. The molecule has 0 unspecified atom stereocenters. The Bertz CT molecular complexity index is 3180. The second-order valence-corrected chi connectivity index (χ2v) is 27.2. The van der Waals surface area contributed by atoms with E-state index in [1.807, 2.05) is 0 Å². The molecule has 1 aromatic heterocycles. The molecule has 1 aliphatic rings. The zero-order valence-corrected chi connectivity index (χ0v) is 63.1. The molecule has 42 nitrogen and oxygen atoms in total. The molecule has 2 heterocycles. The number of nitrogens with zero attached hydrogens (tertiary/aromatic N) is 6. The van der Waals surface area contributed by atoms with Gasteiger partial charge >= 0.3 is 5.97 Å². The minimum absolute atomic E-state index is 0.00338. The van der Waals surface area contributed by atoms with Crippen LogP contribution in [0.2, 0.25) is 0 Å². The minimum Gasteiger partial charge on any atom is -0.480 e. The number of aliphatic hydroxyl groups excluding tert-OH is 2. The quantitative estimate of drug-likeness (QED) is 0.0164. The van der Waals surface area contributed by atoms with Crippen LogP contribution in [0, 0.1) is 17.8 Å². The van der Waals surface area contributed by atoms with Crippen LogP contribution in [-0.4, -0.2) is 249 Å². The molecule has 1 saturated heterocycles. The molecule has 0 spiro atoms. The van der Waals surface area contributed by atoms with Gasteiger partial charge in [0.2, 0.25) is 65.0 Å². The third kappa shape index (κ3) is 34.6. The van der Waals surface area contributed by atoms with Gasteiger partial charge in [-0.2, -0.15) is 0 Å². The molecule has 108 heavy (non-hydrogen) atoms. The molecule has 15 atom stereocenters. The highest BCUT2D eigenvalue weighted by Gasteiger charge is 2.42. The predicted molar refractivity (Wildman–Crippen MR) is 402 cm³/mol. The number of H-pyrrole nitrogens is 1. The Morgan fingerprint density at radius 3 is 1.34 bits per heavy atom. The van der Waals surface area contributed by atoms with Crippen molar-refractivity contribution in [2.45, 2.75) is 236 Å². The van der Waals surface area contributed by atoms with Crippen molar-refractivity contribution >= 4 is 94.8 Å². The predicted octanol–water partition coefficient (Wildman–Crippen LogP) is -7.94. The lowest BCUT2D eigenvalue weighted by Gasteiger charge is -2.32. The van der Waals surface area contributed by atoms with Crippen molar-refractivity contribution in [1.82, 2.24) is 68.0 Å². The van der Waals surface area contributed by atoms with Crippen LogP contribution < -0.4 is 111 Å². The van der Waals surface area contributed by atoms with Crippen LogP contribution in [-0.2, 0) is 64.0 Å². The van der Waals surface area contributed by atoms with Crippen LogP contribution >= 0.6 is 0 Å². The number of carbonyl (C=O) groups is 12. The molecular weight excluding hydrogens is 1410 g/mol. The van der Waals surface area contributed by atoms with Gasteiger partial charge in [-0.25, -0.2) is 9.78 Å². The highest BCUT2D eigenvalue weighted by Crippen LogP contribution is 2.22. The molecule has 1 fully saturated rings. The number of guanidine groups is 4. The summed E-state index contributed by atoms with van der Waals surface area (Å²) >= 11 is 0. The SMILES string of the molecule is CC[C@H](C)[C@H](NC(=O)[C@H](CO)NC(=O)[C@H](CCCN=C(N)N)NC(=O)[C@@H](NC(=O)[C@H](CC(C)C)NC(=O)[C@H](CCCN=C(N)N)NC(=O)[C@@H]1CCCN1C(=O)[C@H](Cc1cnc[nH]1)NC(=O)[C@@H](NC(=O)[C@H](CCCN=C(N)N)NC(=O)[C@@H](N)CCCCN)[C@@H](C)CC)[C@@H](C)O)C(=O)N[C@@H](CCCN=C(N)N)C(=O)O. The number of rotatable bonds is 52. The maximum absolute atomic E-state index is 15.0. The van der Waals surface area contributed by atoms with Crippen LogP contribution in [0.3, 0.4) is 0 Å². The zero-order valence-electron chi connectivity index (χ0n) is 63.1. The van der Waals surface area contributed by atoms with Crippen LogP contribution in [0.1, 0.15) is 157 Å². The first-order valence-electron chi connectivity index (χ1n) is 36.5. The van der Waals surface area contributed by atoms with Gasteiger partial charge in [0.15, 0.2) is 23.8 Å². The van der Waals surface area contributed by atoms with E-state index in [4.69, 9.17) is 57.3 Å². The van der Waals surface area contributed by atoms with Crippen LogP contribution in [0.4, 0.5) is 0 Å². The summed E-state index contributed by atoms with van der Waals surface area (Å²) in [5.41, 5.74) is 56.3. The number of unbranched alkanes of at least 4 members (excludes halogenated alkanes) is 1. The lowest BCUT2D eigenvalue weighted by molar-refractivity contribution is -0.143. The number of imidazole rings is 1. The van der Waals surface area contributed by atoms with Crippen molar-refractivity contribution in [3.05, 3.63) is 18.2 Å². The number of aliphatic carboxylic acids is 1. The fourth-order valence-electron chi connectivity index (χ4n) is 11.4. The van der Waals surface area contributed by atoms with E-state index >= 15 is 4.79 Å². The van der Waals surface area contributed by atoms with E-state index in [-0.39, 0.29) is 140 Å². The largest absolute Gasteiger partial charge is 0.480 e. The zero-order chi connectivity index (χ0) is 81.3. The van der Waals surface area contributed by atoms with E-state index in [0.717, 1.165) is 6.92 Å². The molecule has 610 valence electrons. The number of hydrogen-bond donors (Lipinski definition) is 24. The molecule has 0 radical (unpaired) electrons. The number of carboxylic acid groups (broad SMARTS) is 1. The molecule has 11 amide bonds. The van der Waals surface area contributed by atoms with E-state index in [1.165, 1.54) is 17.4 Å². The standard InChI is InChI=1S/C66H121N27O15/c1-8-35(5)48(58(103)86-43(62(107)108)21-15-27-81-66(75)76)91-56(101)46(32-94)89-53(98)41(19-13-25-79-64(71)72)85-60(105)50(37(7)95)92-55(100)44(29-34(3)4)87-52(97)40(18-12-24-78-63(69)70)84-57(102)47-22-16-28-93(47)61(106)45(30-38-31-77-33-82-38)88-59(104)49(36(6)9-2)90-54(99)42(20-14-26-80-65(73)74)83-51(96)39(68)17-10-11-23-67/h31,33-37,39-50,94-95H,8-30,32,67-68H2,1-7H3,(H,77,82)(H,83,96)(H,84,102)(H,85,105)(H,86,103)(H,87,97)(H,88,104)(H,89,98)(H,90,99)(H,91,101)(H,92,100)(H,107,108)(H4,69,70,78)(H4,71,72,79)(H4,73,74,80)(H4,75,76,81)/t35-,36-,37+,39-,40-,41-,42-,43-,44-,45-,46-,47-,48-,49-,50-/m0/s1. The van der Waals surface area contributed by atoms with E-state index < -0.39 is 168 Å². The molecule has 0 saturated carbocycles. The number of carbonyl (C=O) groups excluding carboxylic acids is 11. The number of likely N-dealkylation sites (tertiary alicyclic amines) is 1. The Labute approximate surface area is 628 Å². The summed E-state index contributed by atoms with van der Waals surface area (Å²) in [6.07, 6.45) is 3.33. The van der Waals surface area contributed by atoms with Crippen molar-refractivity contribution in [3.8, 4) is 0 Å². The number of carboxylic acids is 1. The number of aliphatic imine (C=N–C) groups is 4. The summed E-state index contributed by atoms with van der Waals surface area (Å²) in [5.74, 6) is -13.7. The van der Waals surface area contributed by atoms with Gasteiger partial charge in [-0.05, 0) is 115 Å². The Balaban J connectivity index is 2.53. The van der Waals surface area contributed by atoms with Crippen LogP contribution in [0.25, 0.3) is 0 Å². The highest BCUT2D eigenvalue weighted by molar-refractivity contribution is 6.00. The summed E-state index contributed by atoms with van der Waals surface area (Å²) in [6.45, 7) is 10.8. The van der Waals surface area contributed by atoms with Crippen molar-refractivity contribution in [2.24, 2.45) is 95.1 Å². The smallest absolute Gasteiger partial charge is 0.326 e. The second-order valence-electron chi connectivity index (χ2n) is 27.2. The van der Waals surface area contributed by atoms with Crippen molar-refractivity contribution in [1.29, 1.82) is 0 Å². The topological polar surface area (TPSA) is 727 Å².